The summed E-state index contributed by atoms with van der Waals surface area (Å²) in [4.78, 5) is 48.9. The summed E-state index contributed by atoms with van der Waals surface area (Å²) in [7, 11) is 0. The molecule has 0 aliphatic carbocycles. The van der Waals surface area contributed by atoms with Crippen molar-refractivity contribution in [1.29, 1.82) is 0 Å². The van der Waals surface area contributed by atoms with Crippen molar-refractivity contribution in [3.05, 3.63) is 63.6 Å². The Morgan fingerprint density at radius 3 is 2.65 bits per heavy atom. The molecule has 2 aromatic rings. The molecule has 1 aliphatic rings. The van der Waals surface area contributed by atoms with E-state index in [0.717, 1.165) is 20.6 Å². The van der Waals surface area contributed by atoms with Gasteiger partial charge in [0.05, 0.1) is 12.5 Å². The number of anilines is 1. The first-order chi connectivity index (χ1) is 14.7. The second kappa shape index (κ2) is 9.74. The Labute approximate surface area is 188 Å². The van der Waals surface area contributed by atoms with Gasteiger partial charge in [-0.1, -0.05) is 33.6 Å². The van der Waals surface area contributed by atoms with E-state index in [9.17, 15) is 19.2 Å². The molecule has 0 aromatic heterocycles. The van der Waals surface area contributed by atoms with Gasteiger partial charge < -0.3 is 10.1 Å². The number of hydrazine groups is 1. The molecular weight excluding hydrogens is 466 g/mol. The lowest BCUT2D eigenvalue weighted by Crippen LogP contribution is -2.43. The first-order valence-electron chi connectivity index (χ1n) is 9.63. The molecule has 0 saturated carbocycles. The van der Waals surface area contributed by atoms with Gasteiger partial charge in [0.25, 0.3) is 11.8 Å². The lowest BCUT2D eigenvalue weighted by molar-refractivity contribution is -0.151. The van der Waals surface area contributed by atoms with Gasteiger partial charge in [0, 0.05) is 22.1 Å². The van der Waals surface area contributed by atoms with Crippen LogP contribution in [0.1, 0.15) is 27.9 Å². The minimum absolute atomic E-state index is 0.0112. The smallest absolute Gasteiger partial charge is 0.311 e. The number of nitrogens with one attached hydrogen (secondary N) is 2. The van der Waals surface area contributed by atoms with Crippen molar-refractivity contribution in [2.24, 2.45) is 5.92 Å². The molecule has 31 heavy (non-hydrogen) atoms. The summed E-state index contributed by atoms with van der Waals surface area (Å²) < 4.78 is 5.96. The van der Waals surface area contributed by atoms with Gasteiger partial charge in [0.15, 0.2) is 6.61 Å². The molecule has 2 aromatic carbocycles. The fourth-order valence-corrected chi connectivity index (χ4v) is 3.63. The number of amides is 3. The average Bonchev–Trinajstić information content (AvgIpc) is 3.08. The topological polar surface area (TPSA) is 105 Å². The van der Waals surface area contributed by atoms with Gasteiger partial charge in [0.1, 0.15) is 0 Å². The van der Waals surface area contributed by atoms with Gasteiger partial charge in [-0.15, -0.1) is 0 Å². The van der Waals surface area contributed by atoms with Crippen LogP contribution in [0.5, 0.6) is 0 Å². The highest BCUT2D eigenvalue weighted by atomic mass is 79.9. The molecule has 0 bridgehead atoms. The van der Waals surface area contributed by atoms with Crippen molar-refractivity contribution in [2.75, 3.05) is 18.5 Å². The summed E-state index contributed by atoms with van der Waals surface area (Å²) in [6.07, 6.45) is -0.0969. The largest absolute Gasteiger partial charge is 0.455 e. The number of benzene rings is 2. The van der Waals surface area contributed by atoms with Crippen LogP contribution in [0.2, 0.25) is 0 Å². The average molecular weight is 488 g/mol. The Morgan fingerprint density at radius 2 is 1.94 bits per heavy atom. The van der Waals surface area contributed by atoms with Gasteiger partial charge >= 0.3 is 5.97 Å². The van der Waals surface area contributed by atoms with Crippen molar-refractivity contribution in [2.45, 2.75) is 20.3 Å². The Hall–Kier alpha value is -3.20. The van der Waals surface area contributed by atoms with E-state index in [1.54, 1.807) is 30.3 Å². The molecule has 0 radical (unpaired) electrons. The maximum atomic E-state index is 12.3. The zero-order chi connectivity index (χ0) is 22.5. The third-order valence-electron chi connectivity index (χ3n) is 4.78. The lowest BCUT2D eigenvalue weighted by atomic mass is 10.1. The summed E-state index contributed by atoms with van der Waals surface area (Å²) in [6, 6.07) is 12.3. The highest BCUT2D eigenvalue weighted by Gasteiger charge is 2.36. The van der Waals surface area contributed by atoms with E-state index in [1.807, 2.05) is 26.0 Å². The SMILES string of the molecule is Cc1cccc(C(=O)NN2C[C@@H](C(=O)OCC(=O)Nc3ccc(Br)cc3C)CC2=O)c1. The lowest BCUT2D eigenvalue weighted by Gasteiger charge is -2.17. The number of hydrogen-bond donors (Lipinski definition) is 2. The molecule has 8 nitrogen and oxygen atoms in total. The fourth-order valence-electron chi connectivity index (χ4n) is 3.16. The van der Waals surface area contributed by atoms with E-state index >= 15 is 0 Å². The number of esters is 1. The van der Waals surface area contributed by atoms with Crippen LogP contribution >= 0.6 is 15.9 Å². The van der Waals surface area contributed by atoms with E-state index in [4.69, 9.17) is 4.74 Å². The number of hydrogen-bond acceptors (Lipinski definition) is 5. The molecule has 9 heteroatoms. The predicted molar refractivity (Wildman–Crippen MR) is 117 cm³/mol. The van der Waals surface area contributed by atoms with Crippen molar-refractivity contribution in [1.82, 2.24) is 10.4 Å². The predicted octanol–water partition coefficient (Wildman–Crippen LogP) is 2.74. The number of carbonyl (C=O) groups is 4. The fraction of sp³-hybridized carbons (Fsp3) is 0.273. The quantitative estimate of drug-likeness (QED) is 0.609. The zero-order valence-corrected chi connectivity index (χ0v) is 18.7. The van der Waals surface area contributed by atoms with Crippen LogP contribution in [-0.2, 0) is 19.1 Å². The normalized spacial score (nSPS) is 15.5. The van der Waals surface area contributed by atoms with Crippen LogP contribution in [0.25, 0.3) is 0 Å². The molecule has 3 amide bonds. The van der Waals surface area contributed by atoms with Gasteiger partial charge in [-0.05, 0) is 49.7 Å². The third-order valence-corrected chi connectivity index (χ3v) is 5.28. The third kappa shape index (κ3) is 5.91. The molecule has 1 aliphatic heterocycles. The molecule has 2 N–H and O–H groups in total. The molecule has 1 fully saturated rings. The van der Waals surface area contributed by atoms with Gasteiger partial charge in [0.2, 0.25) is 5.91 Å². The van der Waals surface area contributed by atoms with E-state index in [1.165, 1.54) is 0 Å². The van der Waals surface area contributed by atoms with Gasteiger partial charge in [-0.2, -0.15) is 0 Å². The Bertz CT molecular complexity index is 1040. The minimum Gasteiger partial charge on any atom is -0.455 e. The molecule has 0 spiro atoms. The number of nitrogens with zero attached hydrogens (tertiary/aromatic N) is 1. The van der Waals surface area contributed by atoms with Crippen LogP contribution in [0.4, 0.5) is 5.69 Å². The Morgan fingerprint density at radius 1 is 1.16 bits per heavy atom. The van der Waals surface area contributed by atoms with Crippen molar-refractivity contribution >= 4 is 45.3 Å². The molecule has 162 valence electrons. The van der Waals surface area contributed by atoms with E-state index in [-0.39, 0.29) is 13.0 Å². The highest BCUT2D eigenvalue weighted by molar-refractivity contribution is 9.10. The Balaban J connectivity index is 1.49. The standard InChI is InChI=1S/C22H22BrN3O5/c1-13-4-3-5-15(8-13)21(29)25-26-11-16(10-20(26)28)22(30)31-12-19(27)24-18-7-6-17(23)9-14(18)2/h3-9,16H,10-12H2,1-2H3,(H,24,27)(H,25,29)/t16-/m0/s1. The number of rotatable bonds is 6. The summed E-state index contributed by atoms with van der Waals surface area (Å²) in [5.74, 6) is -2.73. The number of aryl methyl sites for hydroxylation is 2. The second-order valence-electron chi connectivity index (χ2n) is 7.33. The zero-order valence-electron chi connectivity index (χ0n) is 17.1. The van der Waals surface area contributed by atoms with Crippen molar-refractivity contribution in [3.63, 3.8) is 0 Å². The van der Waals surface area contributed by atoms with Crippen LogP contribution < -0.4 is 10.7 Å². The summed E-state index contributed by atoms with van der Waals surface area (Å²) in [6.45, 7) is 3.23. The number of ether oxygens (including phenoxy) is 1. The van der Waals surface area contributed by atoms with Crippen LogP contribution in [-0.4, -0.2) is 41.9 Å². The minimum atomic E-state index is -0.757. The second-order valence-corrected chi connectivity index (χ2v) is 8.25. The Kier molecular flexibility index (Phi) is 7.06. The highest BCUT2D eigenvalue weighted by Crippen LogP contribution is 2.20. The first-order valence-corrected chi connectivity index (χ1v) is 10.4. The first kappa shape index (κ1) is 22.5. The maximum absolute atomic E-state index is 12.3. The van der Waals surface area contributed by atoms with Crippen LogP contribution in [0.15, 0.2) is 46.9 Å². The van der Waals surface area contributed by atoms with Crippen molar-refractivity contribution in [3.8, 4) is 0 Å². The van der Waals surface area contributed by atoms with Crippen LogP contribution in [0, 0.1) is 19.8 Å². The molecule has 0 unspecified atom stereocenters. The summed E-state index contributed by atoms with van der Waals surface area (Å²) in [5.41, 5.74) is 5.32. The van der Waals surface area contributed by atoms with Gasteiger partial charge in [-0.3, -0.25) is 29.6 Å². The van der Waals surface area contributed by atoms with E-state index in [0.29, 0.717) is 11.3 Å². The monoisotopic (exact) mass is 487 g/mol. The maximum Gasteiger partial charge on any atom is 0.311 e. The molecular formula is C22H22BrN3O5. The van der Waals surface area contributed by atoms with Gasteiger partial charge in [-0.25, -0.2) is 0 Å². The van der Waals surface area contributed by atoms with E-state index < -0.39 is 36.2 Å². The number of carbonyl (C=O) groups excluding carboxylic acids is 4. The van der Waals surface area contributed by atoms with E-state index in [2.05, 4.69) is 26.7 Å². The molecule has 1 saturated heterocycles. The summed E-state index contributed by atoms with van der Waals surface area (Å²) >= 11 is 3.35. The molecule has 3 rings (SSSR count). The molecule has 1 atom stereocenters. The summed E-state index contributed by atoms with van der Waals surface area (Å²) in [5, 5.41) is 3.79. The molecule has 1 heterocycles. The van der Waals surface area contributed by atoms with Crippen molar-refractivity contribution < 1.29 is 23.9 Å². The number of halogens is 1. The van der Waals surface area contributed by atoms with Crippen LogP contribution in [0.3, 0.4) is 0 Å².